The van der Waals surface area contributed by atoms with Crippen molar-refractivity contribution in [1.82, 2.24) is 10.2 Å². The van der Waals surface area contributed by atoms with Gasteiger partial charge in [0, 0.05) is 22.6 Å². The molecule has 0 saturated heterocycles. The fourth-order valence-electron chi connectivity index (χ4n) is 4.96. The van der Waals surface area contributed by atoms with Crippen LogP contribution in [0.5, 0.6) is 0 Å². The zero-order valence-corrected chi connectivity index (χ0v) is 25.9. The molecule has 0 aliphatic heterocycles. The third kappa shape index (κ3) is 7.82. The first-order chi connectivity index (χ1) is 20.0. The van der Waals surface area contributed by atoms with Crippen LogP contribution in [0.3, 0.4) is 0 Å². The molecule has 0 heterocycles. The number of rotatable bonds is 10. The zero-order chi connectivity index (χ0) is 30.4. The van der Waals surface area contributed by atoms with E-state index < -0.39 is 34.3 Å². The van der Waals surface area contributed by atoms with Crippen molar-refractivity contribution in [3.63, 3.8) is 0 Å². The molecule has 0 spiro atoms. The number of carbonyl (C=O) groups excluding carboxylic acids is 2. The van der Waals surface area contributed by atoms with Gasteiger partial charge < -0.3 is 10.2 Å². The molecule has 3 aromatic carbocycles. The van der Waals surface area contributed by atoms with Gasteiger partial charge in [0.1, 0.15) is 18.4 Å². The number of sulfonamides is 1. The van der Waals surface area contributed by atoms with Crippen LogP contribution in [0, 0.1) is 12.7 Å². The summed E-state index contributed by atoms with van der Waals surface area (Å²) in [6.45, 7) is 2.82. The monoisotopic (exact) mass is 633 g/mol. The molecule has 1 fully saturated rings. The van der Waals surface area contributed by atoms with Crippen molar-refractivity contribution in [2.45, 2.75) is 69.5 Å². The second kappa shape index (κ2) is 13.9. The Hall–Kier alpha value is -3.14. The number of hydrogen-bond acceptors (Lipinski definition) is 4. The minimum atomic E-state index is -4.29. The maximum atomic E-state index is 14.1. The summed E-state index contributed by atoms with van der Waals surface area (Å²) in [5.74, 6) is -1.53. The molecule has 1 saturated carbocycles. The van der Waals surface area contributed by atoms with E-state index in [0.29, 0.717) is 15.6 Å². The lowest BCUT2D eigenvalue weighted by Crippen LogP contribution is -2.53. The summed E-state index contributed by atoms with van der Waals surface area (Å²) < 4.78 is 42.2. The Morgan fingerprint density at radius 2 is 1.62 bits per heavy atom. The minimum absolute atomic E-state index is 0.0210. The van der Waals surface area contributed by atoms with Crippen LogP contribution in [0.1, 0.15) is 50.2 Å². The zero-order valence-electron chi connectivity index (χ0n) is 23.5. The number of aryl methyl sites for hydroxylation is 1. The fraction of sp³-hybridized carbons (Fsp3) is 0.355. The maximum absolute atomic E-state index is 14.1. The molecule has 4 rings (SSSR count). The third-order valence-electron chi connectivity index (χ3n) is 7.48. The number of amides is 2. The van der Waals surface area contributed by atoms with E-state index in [9.17, 15) is 22.4 Å². The first-order valence-corrected chi connectivity index (χ1v) is 16.0. The number of nitrogens with one attached hydrogen (secondary N) is 1. The molecular weight excluding hydrogens is 600 g/mol. The number of anilines is 1. The molecule has 0 aromatic heterocycles. The Morgan fingerprint density at radius 3 is 2.24 bits per heavy atom. The van der Waals surface area contributed by atoms with E-state index in [1.54, 1.807) is 49.4 Å². The highest BCUT2D eigenvalue weighted by atomic mass is 35.5. The summed E-state index contributed by atoms with van der Waals surface area (Å²) in [6, 6.07) is 15.0. The SMILES string of the molecule is Cc1ccc(N(CC(=O)N(Cc2ccc(Cl)cc2Cl)[C@@H](C)C(=O)NC2CCCCC2)S(=O)(=O)c2ccc(F)cc2)cc1. The molecule has 1 N–H and O–H groups in total. The van der Waals surface area contributed by atoms with Gasteiger partial charge in [-0.15, -0.1) is 0 Å². The number of halogens is 3. The molecule has 0 bridgehead atoms. The van der Waals surface area contributed by atoms with Gasteiger partial charge in [-0.05, 0) is 80.8 Å². The van der Waals surface area contributed by atoms with Crippen molar-refractivity contribution in [2.75, 3.05) is 10.8 Å². The smallest absolute Gasteiger partial charge is 0.264 e. The van der Waals surface area contributed by atoms with Crippen molar-refractivity contribution in [3.8, 4) is 0 Å². The van der Waals surface area contributed by atoms with Gasteiger partial charge in [0.15, 0.2) is 0 Å². The third-order valence-corrected chi connectivity index (χ3v) is 9.85. The lowest BCUT2D eigenvalue weighted by atomic mass is 9.95. The summed E-state index contributed by atoms with van der Waals surface area (Å²) in [4.78, 5) is 28.6. The molecule has 0 unspecified atom stereocenters. The van der Waals surface area contributed by atoms with Crippen LogP contribution in [0.15, 0.2) is 71.6 Å². The molecule has 3 aromatic rings. The van der Waals surface area contributed by atoms with Crippen molar-refractivity contribution in [3.05, 3.63) is 93.7 Å². The number of carbonyl (C=O) groups is 2. The molecule has 11 heteroatoms. The van der Waals surface area contributed by atoms with Gasteiger partial charge in [0.25, 0.3) is 10.0 Å². The Bertz CT molecular complexity index is 1510. The molecule has 7 nitrogen and oxygen atoms in total. The predicted octanol–water partition coefficient (Wildman–Crippen LogP) is 6.50. The Labute approximate surface area is 256 Å². The van der Waals surface area contributed by atoms with Gasteiger partial charge in [0.05, 0.1) is 10.6 Å². The van der Waals surface area contributed by atoms with Crippen molar-refractivity contribution >= 4 is 50.7 Å². The maximum Gasteiger partial charge on any atom is 0.264 e. The average Bonchev–Trinajstić information content (AvgIpc) is 2.96. The molecule has 42 heavy (non-hydrogen) atoms. The highest BCUT2D eigenvalue weighted by Gasteiger charge is 2.33. The van der Waals surface area contributed by atoms with Gasteiger partial charge in [-0.3, -0.25) is 13.9 Å². The first kappa shape index (κ1) is 31.8. The van der Waals surface area contributed by atoms with Gasteiger partial charge in [0.2, 0.25) is 11.8 Å². The largest absolute Gasteiger partial charge is 0.352 e. The number of nitrogens with zero attached hydrogens (tertiary/aromatic N) is 2. The summed E-state index contributed by atoms with van der Waals surface area (Å²) in [5, 5.41) is 3.79. The van der Waals surface area contributed by atoms with Crippen LogP contribution in [0.4, 0.5) is 10.1 Å². The van der Waals surface area contributed by atoms with Crippen molar-refractivity contribution in [1.29, 1.82) is 0 Å². The lowest BCUT2D eigenvalue weighted by molar-refractivity contribution is -0.139. The van der Waals surface area contributed by atoms with Crippen LogP contribution in [0.25, 0.3) is 0 Å². The molecule has 2 amide bonds. The minimum Gasteiger partial charge on any atom is -0.352 e. The molecule has 1 atom stereocenters. The van der Waals surface area contributed by atoms with Crippen LogP contribution >= 0.6 is 23.2 Å². The van der Waals surface area contributed by atoms with E-state index in [-0.39, 0.29) is 29.1 Å². The summed E-state index contributed by atoms with van der Waals surface area (Å²) >= 11 is 12.5. The fourth-order valence-corrected chi connectivity index (χ4v) is 6.84. The van der Waals surface area contributed by atoms with Crippen molar-refractivity contribution < 1.29 is 22.4 Å². The predicted molar refractivity (Wildman–Crippen MR) is 164 cm³/mol. The Kier molecular flexibility index (Phi) is 10.5. The van der Waals surface area contributed by atoms with Gasteiger partial charge in [-0.2, -0.15) is 0 Å². The Morgan fingerprint density at radius 1 is 0.976 bits per heavy atom. The van der Waals surface area contributed by atoms with Crippen LogP contribution < -0.4 is 9.62 Å². The van der Waals surface area contributed by atoms with Gasteiger partial charge >= 0.3 is 0 Å². The average molecular weight is 635 g/mol. The second-order valence-corrected chi connectivity index (χ2v) is 13.3. The normalized spacial score (nSPS) is 14.7. The lowest BCUT2D eigenvalue weighted by Gasteiger charge is -2.33. The molecule has 1 aliphatic rings. The number of benzene rings is 3. The van der Waals surface area contributed by atoms with E-state index in [0.717, 1.165) is 66.2 Å². The van der Waals surface area contributed by atoms with E-state index in [1.165, 1.54) is 4.90 Å². The van der Waals surface area contributed by atoms with Crippen LogP contribution in [-0.2, 0) is 26.2 Å². The topological polar surface area (TPSA) is 86.8 Å². The molecule has 0 radical (unpaired) electrons. The summed E-state index contributed by atoms with van der Waals surface area (Å²) in [5.41, 5.74) is 1.70. The first-order valence-electron chi connectivity index (χ1n) is 13.8. The van der Waals surface area contributed by atoms with Crippen molar-refractivity contribution in [2.24, 2.45) is 0 Å². The molecule has 1 aliphatic carbocycles. The van der Waals surface area contributed by atoms with Crippen LogP contribution in [-0.4, -0.2) is 43.8 Å². The van der Waals surface area contributed by atoms with Crippen LogP contribution in [0.2, 0.25) is 10.0 Å². The summed E-state index contributed by atoms with van der Waals surface area (Å²) in [7, 11) is -4.29. The van der Waals surface area contributed by atoms with E-state index >= 15 is 0 Å². The van der Waals surface area contributed by atoms with E-state index in [4.69, 9.17) is 23.2 Å². The highest BCUT2D eigenvalue weighted by molar-refractivity contribution is 7.92. The van der Waals surface area contributed by atoms with Gasteiger partial charge in [-0.25, -0.2) is 12.8 Å². The quantitative estimate of drug-likeness (QED) is 0.276. The van der Waals surface area contributed by atoms with E-state index in [2.05, 4.69) is 5.32 Å². The second-order valence-electron chi connectivity index (χ2n) is 10.6. The highest BCUT2D eigenvalue weighted by Crippen LogP contribution is 2.27. The van der Waals surface area contributed by atoms with Gasteiger partial charge in [-0.1, -0.05) is 66.2 Å². The standard InChI is InChI=1S/C31H34Cl2FN3O4S/c1-21-8-14-27(15-9-21)37(42(40,41)28-16-12-25(34)13-17-28)20-30(38)36(19-23-10-11-24(32)18-29(23)33)22(2)31(39)35-26-6-4-3-5-7-26/h8-18,22,26H,3-7,19-20H2,1-2H3,(H,35,39)/t22-/m0/s1. The number of hydrogen-bond donors (Lipinski definition) is 1. The Balaban J connectivity index is 1.69. The van der Waals surface area contributed by atoms with E-state index in [1.807, 2.05) is 6.92 Å². The molecule has 224 valence electrons. The summed E-state index contributed by atoms with van der Waals surface area (Å²) in [6.07, 6.45) is 4.91. The molecular formula is C31H34Cl2FN3O4S.